The summed E-state index contributed by atoms with van der Waals surface area (Å²) in [7, 11) is 3.33. The first kappa shape index (κ1) is 19.3. The third-order valence-corrected chi connectivity index (χ3v) is 6.78. The van der Waals surface area contributed by atoms with Crippen LogP contribution in [0.5, 0.6) is 11.5 Å². The van der Waals surface area contributed by atoms with Crippen LogP contribution in [0.4, 0.5) is 0 Å². The molecule has 0 unspecified atom stereocenters. The number of hydrogen-bond donors (Lipinski definition) is 1. The average Bonchev–Trinajstić information content (AvgIpc) is 3.49. The van der Waals surface area contributed by atoms with E-state index in [0.717, 1.165) is 53.6 Å². The number of fused-ring (bicyclic) bond motifs is 4. The van der Waals surface area contributed by atoms with Crippen LogP contribution in [-0.2, 0) is 0 Å². The first-order valence-electron chi connectivity index (χ1n) is 9.79. The first-order chi connectivity index (χ1) is 15.6. The Morgan fingerprint density at radius 2 is 1.75 bits per heavy atom. The van der Waals surface area contributed by atoms with E-state index in [1.165, 1.54) is 0 Å². The lowest BCUT2D eigenvalue weighted by atomic mass is 10.1. The van der Waals surface area contributed by atoms with Crippen molar-refractivity contribution < 1.29 is 9.47 Å². The molecule has 0 aliphatic heterocycles. The minimum atomic E-state index is 0.653. The fourth-order valence-electron chi connectivity index (χ4n) is 3.83. The Balaban J connectivity index is 1.67. The number of nitrogens with one attached hydrogen (secondary N) is 1. The molecule has 158 valence electrons. The monoisotopic (exact) mass is 505 g/mol. The van der Waals surface area contributed by atoms with E-state index in [1.54, 1.807) is 31.8 Å². The molecule has 1 N–H and O–H groups in total. The maximum absolute atomic E-state index is 5.41. The van der Waals surface area contributed by atoms with Crippen molar-refractivity contribution in [3.8, 4) is 34.3 Å². The van der Waals surface area contributed by atoms with Gasteiger partial charge in [0, 0.05) is 16.2 Å². The highest BCUT2D eigenvalue weighted by Crippen LogP contribution is 2.39. The molecule has 0 amide bonds. The molecule has 0 atom stereocenters. The number of aromatic nitrogens is 5. The van der Waals surface area contributed by atoms with Crippen LogP contribution in [0.25, 0.3) is 49.1 Å². The predicted octanol–water partition coefficient (Wildman–Crippen LogP) is 5.93. The summed E-state index contributed by atoms with van der Waals surface area (Å²) in [5, 5.41) is 0. The van der Waals surface area contributed by atoms with Gasteiger partial charge < -0.3 is 14.5 Å². The summed E-state index contributed by atoms with van der Waals surface area (Å²) in [6.45, 7) is 0. The number of aromatic amines is 1. The van der Waals surface area contributed by atoms with Crippen molar-refractivity contribution in [1.82, 2.24) is 24.3 Å². The lowest BCUT2D eigenvalue weighted by Gasteiger charge is -2.05. The normalized spacial score (nSPS) is 11.6. The number of methoxy groups -OCH3 is 2. The molecular weight excluding hydrogens is 490 g/mol. The first-order valence-corrected chi connectivity index (χ1v) is 11.4. The largest absolute Gasteiger partial charge is 0.497 e. The zero-order valence-corrected chi connectivity index (χ0v) is 19.5. The summed E-state index contributed by atoms with van der Waals surface area (Å²) >= 11 is 5.10. The van der Waals surface area contributed by atoms with Crippen molar-refractivity contribution in [2.24, 2.45) is 0 Å². The summed E-state index contributed by atoms with van der Waals surface area (Å²) in [5.41, 5.74) is 5.26. The van der Waals surface area contributed by atoms with Crippen molar-refractivity contribution in [1.29, 1.82) is 0 Å². The number of benzene rings is 2. The second-order valence-corrected chi connectivity index (χ2v) is 9.13. The van der Waals surface area contributed by atoms with E-state index in [9.17, 15) is 0 Å². The Labute approximate surface area is 194 Å². The number of rotatable bonds is 4. The molecule has 2 aromatic carbocycles. The average molecular weight is 506 g/mol. The number of ether oxygens (including phenoxy) is 2. The molecule has 0 aliphatic carbocycles. The molecule has 9 heteroatoms. The van der Waals surface area contributed by atoms with Crippen molar-refractivity contribution in [2.75, 3.05) is 14.2 Å². The van der Waals surface area contributed by atoms with Gasteiger partial charge in [0.2, 0.25) is 0 Å². The molecule has 4 heterocycles. The second kappa shape index (κ2) is 7.32. The topological polar surface area (TPSA) is 77.3 Å². The van der Waals surface area contributed by atoms with Gasteiger partial charge in [-0.1, -0.05) is 11.3 Å². The summed E-state index contributed by atoms with van der Waals surface area (Å²) in [5.74, 6) is 2.32. The molecule has 0 fully saturated rings. The van der Waals surface area contributed by atoms with Crippen molar-refractivity contribution in [2.45, 2.75) is 0 Å². The van der Waals surface area contributed by atoms with E-state index >= 15 is 0 Å². The maximum Gasteiger partial charge on any atom is 0.195 e. The van der Waals surface area contributed by atoms with E-state index in [0.29, 0.717) is 11.5 Å². The molecular formula is C23H16BrN5O2S. The Kier molecular flexibility index (Phi) is 4.41. The van der Waals surface area contributed by atoms with Crippen molar-refractivity contribution in [3.05, 3.63) is 59.2 Å². The van der Waals surface area contributed by atoms with Gasteiger partial charge in [-0.3, -0.25) is 4.40 Å². The zero-order chi connectivity index (χ0) is 21.8. The van der Waals surface area contributed by atoms with Crippen LogP contribution in [0.3, 0.4) is 0 Å². The molecule has 0 spiro atoms. The predicted molar refractivity (Wildman–Crippen MR) is 130 cm³/mol. The molecule has 0 bridgehead atoms. The highest BCUT2D eigenvalue weighted by molar-refractivity contribution is 9.10. The van der Waals surface area contributed by atoms with E-state index in [2.05, 4.69) is 36.4 Å². The number of halogens is 1. The van der Waals surface area contributed by atoms with E-state index in [1.807, 2.05) is 42.5 Å². The van der Waals surface area contributed by atoms with Gasteiger partial charge in [0.05, 0.1) is 30.0 Å². The van der Waals surface area contributed by atoms with Gasteiger partial charge in [-0.2, -0.15) is 0 Å². The fraction of sp³-hybridized carbons (Fsp3) is 0.0870. The lowest BCUT2D eigenvalue weighted by Crippen LogP contribution is -1.92. The Morgan fingerprint density at radius 1 is 0.969 bits per heavy atom. The molecule has 0 radical (unpaired) electrons. The van der Waals surface area contributed by atoms with Crippen LogP contribution in [0.2, 0.25) is 0 Å². The fourth-order valence-corrected chi connectivity index (χ4v) is 5.22. The SMILES string of the molecule is COc1ccc(-c2nc3sc4cc(OC)ccc4n3c2-c2nc3ncc(Br)cc3[nH]2)cc1. The molecule has 0 saturated heterocycles. The molecule has 4 aromatic heterocycles. The molecule has 6 aromatic rings. The Bertz CT molecular complexity index is 1620. The molecule has 7 nitrogen and oxygen atoms in total. The smallest absolute Gasteiger partial charge is 0.195 e. The minimum Gasteiger partial charge on any atom is -0.497 e. The maximum atomic E-state index is 5.41. The number of thiazole rings is 1. The van der Waals surface area contributed by atoms with Gasteiger partial charge in [-0.25, -0.2) is 15.0 Å². The lowest BCUT2D eigenvalue weighted by molar-refractivity contribution is 0.415. The highest BCUT2D eigenvalue weighted by atomic mass is 79.9. The highest BCUT2D eigenvalue weighted by Gasteiger charge is 2.23. The summed E-state index contributed by atoms with van der Waals surface area (Å²) in [6, 6.07) is 15.9. The summed E-state index contributed by atoms with van der Waals surface area (Å²) < 4.78 is 14.9. The van der Waals surface area contributed by atoms with Crippen molar-refractivity contribution in [3.63, 3.8) is 0 Å². The quantitative estimate of drug-likeness (QED) is 0.321. The number of imidazole rings is 2. The number of H-pyrrole nitrogens is 1. The van der Waals surface area contributed by atoms with E-state index < -0.39 is 0 Å². The number of hydrogen-bond acceptors (Lipinski definition) is 6. The minimum absolute atomic E-state index is 0.653. The molecule has 32 heavy (non-hydrogen) atoms. The van der Waals surface area contributed by atoms with Crippen LogP contribution in [0, 0.1) is 0 Å². The van der Waals surface area contributed by atoms with Gasteiger partial charge in [0.1, 0.15) is 22.9 Å². The Hall–Kier alpha value is -3.43. The molecule has 6 rings (SSSR count). The standard InChI is InChI=1S/C23H16BrN5O2S/c1-30-14-5-3-12(4-6-14)19-20(22-26-16-9-13(24)11-25-21(16)28-22)29-17-8-7-15(31-2)10-18(17)32-23(29)27-19/h3-11H,1-2H3,(H,25,26,28). The van der Waals surface area contributed by atoms with Crippen LogP contribution in [0.1, 0.15) is 0 Å². The molecule has 0 saturated carbocycles. The van der Waals surface area contributed by atoms with Crippen LogP contribution >= 0.6 is 27.3 Å². The van der Waals surface area contributed by atoms with Gasteiger partial charge in [0.25, 0.3) is 0 Å². The number of pyridine rings is 1. The third kappa shape index (κ3) is 2.96. The van der Waals surface area contributed by atoms with Gasteiger partial charge in [-0.15, -0.1) is 0 Å². The van der Waals surface area contributed by atoms with E-state index in [-0.39, 0.29) is 0 Å². The summed E-state index contributed by atoms with van der Waals surface area (Å²) in [4.78, 5) is 18.5. The van der Waals surface area contributed by atoms with Crippen LogP contribution in [-0.4, -0.2) is 38.6 Å². The number of nitrogens with zero attached hydrogens (tertiary/aromatic N) is 4. The third-order valence-electron chi connectivity index (χ3n) is 5.35. The van der Waals surface area contributed by atoms with Gasteiger partial charge in [0.15, 0.2) is 16.4 Å². The molecule has 0 aliphatic rings. The van der Waals surface area contributed by atoms with Gasteiger partial charge >= 0.3 is 0 Å². The van der Waals surface area contributed by atoms with Crippen LogP contribution < -0.4 is 9.47 Å². The zero-order valence-electron chi connectivity index (χ0n) is 17.1. The van der Waals surface area contributed by atoms with Crippen molar-refractivity contribution >= 4 is 53.6 Å². The summed E-state index contributed by atoms with van der Waals surface area (Å²) in [6.07, 6.45) is 1.75. The van der Waals surface area contributed by atoms with Crippen LogP contribution in [0.15, 0.2) is 59.2 Å². The van der Waals surface area contributed by atoms with Gasteiger partial charge in [-0.05, 0) is 64.5 Å². The second-order valence-electron chi connectivity index (χ2n) is 7.20. The van der Waals surface area contributed by atoms with E-state index in [4.69, 9.17) is 19.4 Å². The Morgan fingerprint density at radius 3 is 2.53 bits per heavy atom.